The summed E-state index contributed by atoms with van der Waals surface area (Å²) in [4.78, 5) is 13.6. The Balaban J connectivity index is 1.67. The smallest absolute Gasteiger partial charge is 0.258 e. The Hall–Kier alpha value is -2.59. The van der Waals surface area contributed by atoms with E-state index in [-0.39, 0.29) is 18.6 Å². The van der Waals surface area contributed by atoms with Crippen LogP contribution in [0.1, 0.15) is 24.8 Å². The first-order valence-electron chi connectivity index (χ1n) is 8.75. The van der Waals surface area contributed by atoms with Crippen molar-refractivity contribution in [2.75, 3.05) is 6.61 Å². The predicted molar refractivity (Wildman–Crippen MR) is 107 cm³/mol. The highest BCUT2D eigenvalue weighted by Crippen LogP contribution is 2.30. The number of thiophene rings is 1. The van der Waals surface area contributed by atoms with Crippen molar-refractivity contribution >= 4 is 17.2 Å². The highest BCUT2D eigenvalue weighted by Gasteiger charge is 2.19. The van der Waals surface area contributed by atoms with Gasteiger partial charge in [-0.25, -0.2) is 0 Å². The van der Waals surface area contributed by atoms with Gasteiger partial charge in [-0.1, -0.05) is 68.4 Å². The van der Waals surface area contributed by atoms with Crippen molar-refractivity contribution in [3.8, 4) is 16.9 Å². The lowest BCUT2D eigenvalue weighted by Gasteiger charge is -2.21. The van der Waals surface area contributed by atoms with Crippen LogP contribution in [0.25, 0.3) is 11.1 Å². The molecule has 2 aromatic carbocycles. The van der Waals surface area contributed by atoms with E-state index in [1.165, 1.54) is 0 Å². The molecule has 0 spiro atoms. The average Bonchev–Trinajstić information content (AvgIpc) is 3.19. The van der Waals surface area contributed by atoms with Gasteiger partial charge in [-0.2, -0.15) is 0 Å². The Morgan fingerprint density at radius 2 is 1.73 bits per heavy atom. The van der Waals surface area contributed by atoms with Crippen molar-refractivity contribution in [3.63, 3.8) is 0 Å². The molecule has 134 valence electrons. The topological polar surface area (TPSA) is 38.3 Å². The van der Waals surface area contributed by atoms with Crippen LogP contribution in [0.5, 0.6) is 5.75 Å². The summed E-state index contributed by atoms with van der Waals surface area (Å²) in [5.74, 6) is 0.917. The number of rotatable bonds is 7. The van der Waals surface area contributed by atoms with Gasteiger partial charge in [0.05, 0.1) is 6.04 Å². The maximum Gasteiger partial charge on any atom is 0.258 e. The molecule has 1 atom stereocenters. The van der Waals surface area contributed by atoms with Gasteiger partial charge in [0.1, 0.15) is 5.75 Å². The van der Waals surface area contributed by atoms with E-state index in [4.69, 9.17) is 4.74 Å². The number of nitrogens with one attached hydrogen (secondary N) is 1. The first kappa shape index (κ1) is 18.2. The number of hydrogen-bond donors (Lipinski definition) is 1. The minimum atomic E-state index is -0.111. The van der Waals surface area contributed by atoms with Gasteiger partial charge in [0, 0.05) is 10.4 Å². The summed E-state index contributed by atoms with van der Waals surface area (Å²) in [7, 11) is 0. The maximum absolute atomic E-state index is 12.4. The van der Waals surface area contributed by atoms with Crippen molar-refractivity contribution in [1.82, 2.24) is 5.32 Å². The molecule has 0 saturated carbocycles. The molecule has 1 heterocycles. The number of ether oxygens (including phenoxy) is 1. The Labute approximate surface area is 158 Å². The fourth-order valence-corrected chi connectivity index (χ4v) is 3.79. The Morgan fingerprint density at radius 3 is 2.42 bits per heavy atom. The minimum absolute atomic E-state index is 0.00155. The second kappa shape index (κ2) is 8.68. The van der Waals surface area contributed by atoms with Crippen LogP contribution in [0.15, 0.2) is 72.1 Å². The number of para-hydroxylation sites is 1. The van der Waals surface area contributed by atoms with Gasteiger partial charge in [-0.05, 0) is 29.0 Å². The van der Waals surface area contributed by atoms with Crippen molar-refractivity contribution in [2.45, 2.75) is 19.9 Å². The summed E-state index contributed by atoms with van der Waals surface area (Å²) >= 11 is 1.66. The summed E-state index contributed by atoms with van der Waals surface area (Å²) in [6.45, 7) is 4.21. The molecule has 1 amide bonds. The highest BCUT2D eigenvalue weighted by atomic mass is 32.1. The molecule has 0 bridgehead atoms. The number of carbonyl (C=O) groups is 1. The lowest BCUT2D eigenvalue weighted by molar-refractivity contribution is -0.124. The summed E-state index contributed by atoms with van der Waals surface area (Å²) in [5, 5.41) is 5.13. The van der Waals surface area contributed by atoms with E-state index in [2.05, 4.69) is 25.2 Å². The number of carbonyl (C=O) groups excluding carboxylic acids is 1. The van der Waals surface area contributed by atoms with Crippen LogP contribution in [0.2, 0.25) is 0 Å². The van der Waals surface area contributed by atoms with Gasteiger partial charge in [-0.3, -0.25) is 4.79 Å². The van der Waals surface area contributed by atoms with E-state index in [9.17, 15) is 4.79 Å². The Bertz CT molecular complexity index is 828. The van der Waals surface area contributed by atoms with Gasteiger partial charge in [0.25, 0.3) is 5.91 Å². The van der Waals surface area contributed by atoms with Gasteiger partial charge in [0.15, 0.2) is 6.61 Å². The molecular formula is C22H23NO2S. The Kier molecular flexibility index (Phi) is 6.08. The van der Waals surface area contributed by atoms with E-state index < -0.39 is 0 Å². The fourth-order valence-electron chi connectivity index (χ4n) is 2.84. The summed E-state index contributed by atoms with van der Waals surface area (Å²) in [5.41, 5.74) is 2.06. The molecule has 0 radical (unpaired) electrons. The predicted octanol–water partition coefficient (Wildman–Crippen LogP) is 5.31. The number of benzene rings is 2. The van der Waals surface area contributed by atoms with Crippen molar-refractivity contribution in [2.24, 2.45) is 5.92 Å². The molecule has 1 aromatic heterocycles. The second-order valence-corrected chi connectivity index (χ2v) is 7.43. The maximum atomic E-state index is 12.4. The van der Waals surface area contributed by atoms with E-state index >= 15 is 0 Å². The molecule has 0 unspecified atom stereocenters. The number of amides is 1. The van der Waals surface area contributed by atoms with Crippen LogP contribution < -0.4 is 10.1 Å². The van der Waals surface area contributed by atoms with E-state index in [0.717, 1.165) is 16.0 Å². The average molecular weight is 365 g/mol. The molecule has 3 rings (SSSR count). The van der Waals surface area contributed by atoms with Crippen LogP contribution in [0.4, 0.5) is 0 Å². The van der Waals surface area contributed by atoms with E-state index in [0.29, 0.717) is 11.7 Å². The molecule has 0 fully saturated rings. The summed E-state index contributed by atoms with van der Waals surface area (Å²) < 4.78 is 5.84. The zero-order chi connectivity index (χ0) is 18.4. The largest absolute Gasteiger partial charge is 0.483 e. The first-order chi connectivity index (χ1) is 12.6. The molecular weight excluding hydrogens is 342 g/mol. The van der Waals surface area contributed by atoms with E-state index in [1.807, 2.05) is 66.0 Å². The van der Waals surface area contributed by atoms with Crippen molar-refractivity contribution in [3.05, 3.63) is 77.0 Å². The van der Waals surface area contributed by atoms with Crippen molar-refractivity contribution in [1.29, 1.82) is 0 Å². The fraction of sp³-hybridized carbons (Fsp3) is 0.227. The molecule has 0 aliphatic heterocycles. The SMILES string of the molecule is CC(C)[C@H](NC(=O)COc1ccccc1-c1ccccc1)c1cccs1. The quantitative estimate of drug-likeness (QED) is 0.616. The van der Waals surface area contributed by atoms with Crippen LogP contribution in [-0.4, -0.2) is 12.5 Å². The third-order valence-electron chi connectivity index (χ3n) is 4.16. The van der Waals surface area contributed by atoms with Crippen molar-refractivity contribution < 1.29 is 9.53 Å². The van der Waals surface area contributed by atoms with Gasteiger partial charge >= 0.3 is 0 Å². The third kappa shape index (κ3) is 4.52. The van der Waals surface area contributed by atoms with Crippen LogP contribution in [0, 0.1) is 5.92 Å². The lowest BCUT2D eigenvalue weighted by atomic mass is 10.0. The van der Waals surface area contributed by atoms with Gasteiger partial charge in [-0.15, -0.1) is 11.3 Å². The number of hydrogen-bond acceptors (Lipinski definition) is 3. The standard InChI is InChI=1S/C22H23NO2S/c1-16(2)22(20-13-8-14-26-20)23-21(24)15-25-19-12-7-6-11-18(19)17-9-4-3-5-10-17/h3-14,16,22H,15H2,1-2H3,(H,23,24)/t22-/m0/s1. The Morgan fingerprint density at radius 1 is 1.00 bits per heavy atom. The van der Waals surface area contributed by atoms with Crippen LogP contribution in [-0.2, 0) is 4.79 Å². The van der Waals surface area contributed by atoms with Gasteiger partial charge in [0.2, 0.25) is 0 Å². The molecule has 3 nitrogen and oxygen atoms in total. The molecule has 0 saturated heterocycles. The molecule has 3 aromatic rings. The zero-order valence-electron chi connectivity index (χ0n) is 15.0. The monoisotopic (exact) mass is 365 g/mol. The molecule has 0 aliphatic carbocycles. The minimum Gasteiger partial charge on any atom is -0.483 e. The summed E-state index contributed by atoms with van der Waals surface area (Å²) in [6, 6.07) is 21.9. The third-order valence-corrected chi connectivity index (χ3v) is 5.12. The molecule has 26 heavy (non-hydrogen) atoms. The molecule has 4 heteroatoms. The van der Waals surface area contributed by atoms with Crippen LogP contribution in [0.3, 0.4) is 0 Å². The van der Waals surface area contributed by atoms with Crippen LogP contribution >= 0.6 is 11.3 Å². The van der Waals surface area contributed by atoms with Gasteiger partial charge < -0.3 is 10.1 Å². The second-order valence-electron chi connectivity index (χ2n) is 6.46. The normalized spacial score (nSPS) is 12.0. The zero-order valence-corrected chi connectivity index (χ0v) is 15.8. The highest BCUT2D eigenvalue weighted by molar-refractivity contribution is 7.10. The van der Waals surface area contributed by atoms with E-state index in [1.54, 1.807) is 11.3 Å². The molecule has 0 aliphatic rings. The summed E-state index contributed by atoms with van der Waals surface area (Å²) in [6.07, 6.45) is 0. The first-order valence-corrected chi connectivity index (χ1v) is 9.63. The molecule has 1 N–H and O–H groups in total. The lowest BCUT2D eigenvalue weighted by Crippen LogP contribution is -2.34.